The van der Waals surface area contributed by atoms with Crippen LogP contribution in [0.2, 0.25) is 0 Å². The summed E-state index contributed by atoms with van der Waals surface area (Å²) in [5.74, 6) is 1.52. The number of esters is 1. The molecule has 2 saturated carbocycles. The molecule has 0 heterocycles. The third-order valence-corrected chi connectivity index (χ3v) is 5.48. The molecule has 2 bridgehead atoms. The molecule has 4 nitrogen and oxygen atoms in total. The molecule has 0 radical (unpaired) electrons. The first-order chi connectivity index (χ1) is 11.6. The number of hydrogen-bond donors (Lipinski definition) is 1. The highest BCUT2D eigenvalue weighted by Gasteiger charge is 2.45. The topological polar surface area (TPSA) is 55.8 Å². The molecule has 24 heavy (non-hydrogen) atoms. The maximum absolute atomic E-state index is 12.3. The van der Waals surface area contributed by atoms with Crippen LogP contribution in [0, 0.1) is 18.8 Å². The van der Waals surface area contributed by atoms with E-state index in [-0.39, 0.29) is 24.8 Å². The highest BCUT2D eigenvalue weighted by atomic mass is 16.6. The number of benzene rings is 1. The number of rotatable bonds is 6. The molecule has 0 aliphatic heterocycles. The number of aliphatic hydroxyl groups is 1. The second-order valence-electron chi connectivity index (χ2n) is 7.54. The van der Waals surface area contributed by atoms with Crippen molar-refractivity contribution in [3.05, 3.63) is 29.8 Å². The fourth-order valence-corrected chi connectivity index (χ4v) is 4.50. The van der Waals surface area contributed by atoms with Crippen LogP contribution in [0.4, 0.5) is 0 Å². The van der Waals surface area contributed by atoms with Gasteiger partial charge in [-0.15, -0.1) is 0 Å². The summed E-state index contributed by atoms with van der Waals surface area (Å²) in [6, 6.07) is 7.67. The van der Waals surface area contributed by atoms with Gasteiger partial charge in [0.2, 0.25) is 0 Å². The molecule has 0 amide bonds. The van der Waals surface area contributed by atoms with E-state index in [9.17, 15) is 9.90 Å². The molecule has 0 saturated heterocycles. The summed E-state index contributed by atoms with van der Waals surface area (Å²) in [5.41, 5.74) is 0.837. The molecular formula is C20H28O4. The first-order valence-electron chi connectivity index (χ1n) is 9.11. The Morgan fingerprint density at radius 3 is 2.83 bits per heavy atom. The van der Waals surface area contributed by atoms with E-state index in [2.05, 4.69) is 0 Å². The van der Waals surface area contributed by atoms with Crippen molar-refractivity contribution in [1.29, 1.82) is 0 Å². The minimum atomic E-state index is -0.325. The SMILES string of the molecule is Cc1ccc(OCC(=O)OC23CCCC(CC(CCO)C2)C3)cc1. The largest absolute Gasteiger partial charge is 0.482 e. The molecule has 3 unspecified atom stereocenters. The van der Waals surface area contributed by atoms with Crippen LogP contribution in [0.25, 0.3) is 0 Å². The summed E-state index contributed by atoms with van der Waals surface area (Å²) in [4.78, 5) is 12.3. The molecular weight excluding hydrogens is 304 g/mol. The smallest absolute Gasteiger partial charge is 0.344 e. The van der Waals surface area contributed by atoms with Crippen molar-refractivity contribution >= 4 is 5.97 Å². The summed E-state index contributed by atoms with van der Waals surface area (Å²) in [6.07, 6.45) is 7.15. The average molecular weight is 332 g/mol. The molecule has 0 spiro atoms. The third kappa shape index (κ3) is 4.29. The predicted octanol–water partition coefficient (Wildman–Crippen LogP) is 3.64. The molecule has 0 aromatic heterocycles. The number of fused-ring (bicyclic) bond motifs is 2. The van der Waals surface area contributed by atoms with Crippen molar-refractivity contribution in [2.24, 2.45) is 11.8 Å². The zero-order valence-electron chi connectivity index (χ0n) is 14.5. The van der Waals surface area contributed by atoms with Crippen LogP contribution in [0.5, 0.6) is 5.75 Å². The Morgan fingerprint density at radius 1 is 1.29 bits per heavy atom. The van der Waals surface area contributed by atoms with E-state index in [0.29, 0.717) is 17.6 Å². The maximum atomic E-state index is 12.3. The van der Waals surface area contributed by atoms with Crippen molar-refractivity contribution in [3.8, 4) is 5.75 Å². The van der Waals surface area contributed by atoms with Gasteiger partial charge in [-0.05, 0) is 69.4 Å². The van der Waals surface area contributed by atoms with E-state index in [0.717, 1.165) is 37.7 Å². The number of carbonyl (C=O) groups excluding carboxylic acids is 1. The van der Waals surface area contributed by atoms with Crippen LogP contribution in [0.1, 0.15) is 50.5 Å². The van der Waals surface area contributed by atoms with Crippen molar-refractivity contribution in [3.63, 3.8) is 0 Å². The van der Waals surface area contributed by atoms with Gasteiger partial charge in [0.05, 0.1) is 0 Å². The Kier molecular flexibility index (Phi) is 5.44. The van der Waals surface area contributed by atoms with Gasteiger partial charge in [0.25, 0.3) is 0 Å². The normalized spacial score (nSPS) is 29.1. The highest BCUT2D eigenvalue weighted by Crippen LogP contribution is 2.48. The number of carbonyl (C=O) groups is 1. The fourth-order valence-electron chi connectivity index (χ4n) is 4.50. The van der Waals surface area contributed by atoms with Gasteiger partial charge < -0.3 is 14.6 Å². The zero-order valence-corrected chi connectivity index (χ0v) is 14.5. The lowest BCUT2D eigenvalue weighted by Crippen LogP contribution is -2.46. The van der Waals surface area contributed by atoms with Crippen molar-refractivity contribution in [2.75, 3.05) is 13.2 Å². The summed E-state index contributed by atoms with van der Waals surface area (Å²) >= 11 is 0. The molecule has 1 aromatic rings. The number of aliphatic hydroxyl groups excluding tert-OH is 1. The van der Waals surface area contributed by atoms with E-state index >= 15 is 0 Å². The van der Waals surface area contributed by atoms with Gasteiger partial charge in [0, 0.05) is 6.61 Å². The van der Waals surface area contributed by atoms with E-state index in [1.807, 2.05) is 31.2 Å². The Morgan fingerprint density at radius 2 is 2.08 bits per heavy atom. The molecule has 2 aliphatic rings. The Bertz CT molecular complexity index is 553. The minimum absolute atomic E-state index is 0.0415. The molecule has 1 N–H and O–H groups in total. The number of ether oxygens (including phenoxy) is 2. The Hall–Kier alpha value is -1.55. The van der Waals surface area contributed by atoms with Crippen LogP contribution in [-0.2, 0) is 9.53 Å². The van der Waals surface area contributed by atoms with Gasteiger partial charge in [-0.3, -0.25) is 0 Å². The van der Waals surface area contributed by atoms with E-state index < -0.39 is 0 Å². The second kappa shape index (κ2) is 7.56. The van der Waals surface area contributed by atoms with Crippen LogP contribution in [-0.4, -0.2) is 29.9 Å². The van der Waals surface area contributed by atoms with E-state index in [1.165, 1.54) is 12.8 Å². The average Bonchev–Trinajstić information content (AvgIpc) is 2.54. The lowest BCUT2D eigenvalue weighted by Gasteiger charge is -2.47. The van der Waals surface area contributed by atoms with Crippen molar-refractivity contribution in [2.45, 2.75) is 57.5 Å². The van der Waals surface area contributed by atoms with Crippen LogP contribution in [0.3, 0.4) is 0 Å². The molecule has 132 valence electrons. The summed E-state index contributed by atoms with van der Waals surface area (Å²) < 4.78 is 11.5. The first-order valence-corrected chi connectivity index (χ1v) is 9.11. The molecule has 3 atom stereocenters. The van der Waals surface area contributed by atoms with Gasteiger partial charge in [-0.25, -0.2) is 4.79 Å². The van der Waals surface area contributed by atoms with E-state index in [4.69, 9.17) is 9.47 Å². The first kappa shape index (κ1) is 17.3. The standard InChI is InChI=1S/C20H28O4/c1-15-4-6-18(7-5-15)23-14-19(22)24-20-9-2-3-16(12-20)11-17(13-20)8-10-21/h4-7,16-17,21H,2-3,8-14H2,1H3. The van der Waals surface area contributed by atoms with Gasteiger partial charge in [-0.2, -0.15) is 0 Å². The van der Waals surface area contributed by atoms with Gasteiger partial charge in [-0.1, -0.05) is 24.1 Å². The fraction of sp³-hybridized carbons (Fsp3) is 0.650. The third-order valence-electron chi connectivity index (χ3n) is 5.48. The van der Waals surface area contributed by atoms with Gasteiger partial charge in [0.1, 0.15) is 11.4 Å². The second-order valence-corrected chi connectivity index (χ2v) is 7.54. The molecule has 3 rings (SSSR count). The van der Waals surface area contributed by atoms with Crippen LogP contribution in [0.15, 0.2) is 24.3 Å². The van der Waals surface area contributed by atoms with Crippen molar-refractivity contribution < 1.29 is 19.4 Å². The summed E-state index contributed by atoms with van der Waals surface area (Å²) in [6.45, 7) is 2.20. The molecule has 1 aromatic carbocycles. The summed E-state index contributed by atoms with van der Waals surface area (Å²) in [7, 11) is 0. The van der Waals surface area contributed by atoms with Crippen LogP contribution < -0.4 is 4.74 Å². The highest BCUT2D eigenvalue weighted by molar-refractivity contribution is 5.71. The summed E-state index contributed by atoms with van der Waals surface area (Å²) in [5, 5.41) is 9.25. The zero-order chi connectivity index (χ0) is 17.0. The monoisotopic (exact) mass is 332 g/mol. The quantitative estimate of drug-likeness (QED) is 0.808. The Balaban J connectivity index is 1.56. The van der Waals surface area contributed by atoms with Gasteiger partial charge >= 0.3 is 5.97 Å². The lowest BCUT2D eigenvalue weighted by atomic mass is 9.64. The van der Waals surface area contributed by atoms with Crippen LogP contribution >= 0.6 is 0 Å². The lowest BCUT2D eigenvalue weighted by molar-refractivity contribution is -0.175. The number of hydrogen-bond acceptors (Lipinski definition) is 4. The number of aryl methyl sites for hydroxylation is 1. The molecule has 2 aliphatic carbocycles. The Labute approximate surface area is 144 Å². The molecule has 4 heteroatoms. The van der Waals surface area contributed by atoms with E-state index in [1.54, 1.807) is 0 Å². The van der Waals surface area contributed by atoms with Crippen molar-refractivity contribution in [1.82, 2.24) is 0 Å². The minimum Gasteiger partial charge on any atom is -0.482 e. The predicted molar refractivity (Wildman–Crippen MR) is 91.9 cm³/mol. The maximum Gasteiger partial charge on any atom is 0.344 e. The van der Waals surface area contributed by atoms with Gasteiger partial charge in [0.15, 0.2) is 6.61 Å². The molecule has 2 fully saturated rings.